The van der Waals surface area contributed by atoms with Crippen molar-refractivity contribution in [2.24, 2.45) is 5.16 Å². The molecule has 6 heteroatoms. The Morgan fingerprint density at radius 2 is 1.92 bits per heavy atom. The first kappa shape index (κ1) is 18.3. The Labute approximate surface area is 157 Å². The highest BCUT2D eigenvalue weighted by Gasteiger charge is 2.22. The maximum atomic E-state index is 12.0. The zero-order valence-electron chi connectivity index (χ0n) is 15.0. The quantitative estimate of drug-likeness (QED) is 0.757. The molecule has 1 aromatic heterocycles. The molecule has 1 N–H and O–H groups in total. The Morgan fingerprint density at radius 1 is 1.15 bits per heavy atom. The third-order valence-electron chi connectivity index (χ3n) is 4.24. The van der Waals surface area contributed by atoms with E-state index in [0.717, 1.165) is 16.2 Å². The van der Waals surface area contributed by atoms with Gasteiger partial charge in [0.25, 0.3) is 0 Å². The van der Waals surface area contributed by atoms with Gasteiger partial charge in [-0.25, -0.2) is 0 Å². The molecule has 2 heterocycles. The summed E-state index contributed by atoms with van der Waals surface area (Å²) >= 11 is 1.46. The van der Waals surface area contributed by atoms with Gasteiger partial charge >= 0.3 is 0 Å². The molecule has 2 aromatic rings. The lowest BCUT2D eigenvalue weighted by Gasteiger charge is -2.09. The summed E-state index contributed by atoms with van der Waals surface area (Å²) in [6.45, 7) is 4.39. The van der Waals surface area contributed by atoms with Crippen molar-refractivity contribution in [2.45, 2.75) is 39.2 Å². The van der Waals surface area contributed by atoms with Gasteiger partial charge in [-0.2, -0.15) is 0 Å². The van der Waals surface area contributed by atoms with Crippen molar-refractivity contribution in [1.82, 2.24) is 5.32 Å². The maximum absolute atomic E-state index is 12.0. The van der Waals surface area contributed by atoms with E-state index in [0.29, 0.717) is 17.8 Å². The number of ketones is 1. The number of hydrogen-bond acceptors (Lipinski definition) is 5. The molecule has 1 aromatic carbocycles. The predicted octanol–water partition coefficient (Wildman–Crippen LogP) is 3.64. The molecule has 26 heavy (non-hydrogen) atoms. The van der Waals surface area contributed by atoms with Crippen LogP contribution in [-0.4, -0.2) is 30.1 Å². The highest BCUT2D eigenvalue weighted by Crippen LogP contribution is 2.18. The Hall–Kier alpha value is -2.47. The molecule has 0 saturated carbocycles. The van der Waals surface area contributed by atoms with Gasteiger partial charge in [0.05, 0.1) is 17.1 Å². The second-order valence-electron chi connectivity index (χ2n) is 6.47. The van der Waals surface area contributed by atoms with E-state index in [1.165, 1.54) is 16.9 Å². The van der Waals surface area contributed by atoms with Crippen molar-refractivity contribution < 1.29 is 14.4 Å². The number of hydrogen-bond donors (Lipinski definition) is 1. The average molecular weight is 370 g/mol. The molecule has 0 saturated heterocycles. The van der Waals surface area contributed by atoms with Crippen LogP contribution in [0.25, 0.3) is 0 Å². The van der Waals surface area contributed by atoms with E-state index < -0.39 is 0 Å². The Kier molecular flexibility index (Phi) is 5.83. The molecule has 1 unspecified atom stereocenters. The molecule has 3 rings (SSSR count). The fraction of sp³-hybridized carbons (Fsp3) is 0.350. The minimum atomic E-state index is -0.161. The van der Waals surface area contributed by atoms with Gasteiger partial charge < -0.3 is 10.2 Å². The summed E-state index contributed by atoms with van der Waals surface area (Å²) < 4.78 is 0. The van der Waals surface area contributed by atoms with Gasteiger partial charge in [0.2, 0.25) is 5.91 Å². The average Bonchev–Trinajstić information content (AvgIpc) is 3.27. The third kappa shape index (κ3) is 4.79. The lowest BCUT2D eigenvalue weighted by molar-refractivity contribution is -0.121. The number of carbonyl (C=O) groups is 2. The van der Waals surface area contributed by atoms with E-state index >= 15 is 0 Å². The minimum absolute atomic E-state index is 0.0142. The molecule has 0 bridgehead atoms. The van der Waals surface area contributed by atoms with Crippen molar-refractivity contribution in [3.8, 4) is 0 Å². The van der Waals surface area contributed by atoms with Gasteiger partial charge in [0.1, 0.15) is 6.10 Å². The highest BCUT2D eigenvalue weighted by molar-refractivity contribution is 7.14. The van der Waals surface area contributed by atoms with Gasteiger partial charge in [-0.15, -0.1) is 11.3 Å². The molecule has 0 spiro atoms. The number of amides is 1. The number of thiophene rings is 1. The normalized spacial score (nSPS) is 16.1. The predicted molar refractivity (Wildman–Crippen MR) is 103 cm³/mol. The molecular formula is C20H22N2O3S. The van der Waals surface area contributed by atoms with Crippen LogP contribution in [0.4, 0.5) is 0 Å². The Morgan fingerprint density at radius 3 is 2.62 bits per heavy atom. The summed E-state index contributed by atoms with van der Waals surface area (Å²) in [5, 5.41) is 6.96. The molecule has 1 aliphatic heterocycles. The first-order valence-corrected chi connectivity index (χ1v) is 9.49. The topological polar surface area (TPSA) is 67.8 Å². The van der Waals surface area contributed by atoms with Gasteiger partial charge in [-0.05, 0) is 31.5 Å². The SMILES string of the molecule is Cc1ccc(C2=NOC(CNC(=O)CCC(=O)c3ccc(C)s3)C2)cc1. The molecule has 0 radical (unpaired) electrons. The number of nitrogens with one attached hydrogen (secondary N) is 1. The van der Waals surface area contributed by atoms with Crippen LogP contribution in [0, 0.1) is 13.8 Å². The minimum Gasteiger partial charge on any atom is -0.390 e. The Balaban J connectivity index is 1.39. The number of Topliss-reactive ketones (excluding diaryl/α,β-unsaturated/α-hetero) is 1. The zero-order valence-corrected chi connectivity index (χ0v) is 15.8. The second kappa shape index (κ2) is 8.27. The van der Waals surface area contributed by atoms with Crippen molar-refractivity contribution in [1.29, 1.82) is 0 Å². The molecular weight excluding hydrogens is 348 g/mol. The van der Waals surface area contributed by atoms with Crippen LogP contribution in [0.2, 0.25) is 0 Å². The summed E-state index contributed by atoms with van der Waals surface area (Å²) in [5.74, 6) is -0.126. The molecule has 0 fully saturated rings. The maximum Gasteiger partial charge on any atom is 0.220 e. The van der Waals surface area contributed by atoms with Crippen molar-refractivity contribution in [2.75, 3.05) is 6.54 Å². The summed E-state index contributed by atoms with van der Waals surface area (Å²) in [7, 11) is 0. The molecule has 136 valence electrons. The third-order valence-corrected chi connectivity index (χ3v) is 5.28. The van der Waals surface area contributed by atoms with Crippen LogP contribution in [-0.2, 0) is 9.63 Å². The zero-order chi connectivity index (χ0) is 18.5. The first-order chi connectivity index (χ1) is 12.5. The fourth-order valence-corrected chi connectivity index (χ4v) is 3.54. The fourth-order valence-electron chi connectivity index (χ4n) is 2.70. The van der Waals surface area contributed by atoms with E-state index in [2.05, 4.69) is 10.5 Å². The first-order valence-electron chi connectivity index (χ1n) is 8.67. The monoisotopic (exact) mass is 370 g/mol. The summed E-state index contributed by atoms with van der Waals surface area (Å²) in [5.41, 5.74) is 3.14. The van der Waals surface area contributed by atoms with Crippen molar-refractivity contribution in [3.05, 3.63) is 57.3 Å². The van der Waals surface area contributed by atoms with Crippen molar-refractivity contribution in [3.63, 3.8) is 0 Å². The number of carbonyl (C=O) groups excluding carboxylic acids is 2. The molecule has 1 atom stereocenters. The number of benzene rings is 1. The van der Waals surface area contributed by atoms with Crippen LogP contribution in [0.5, 0.6) is 0 Å². The number of oxime groups is 1. The van der Waals surface area contributed by atoms with E-state index in [1.807, 2.05) is 50.2 Å². The molecule has 0 aliphatic carbocycles. The van der Waals surface area contributed by atoms with Crippen LogP contribution >= 0.6 is 11.3 Å². The number of rotatable bonds is 7. The van der Waals surface area contributed by atoms with E-state index in [-0.39, 0.29) is 30.6 Å². The van der Waals surface area contributed by atoms with Crippen LogP contribution in [0.3, 0.4) is 0 Å². The van der Waals surface area contributed by atoms with Crippen LogP contribution in [0.15, 0.2) is 41.6 Å². The van der Waals surface area contributed by atoms with Crippen LogP contribution in [0.1, 0.15) is 44.9 Å². The van der Waals surface area contributed by atoms with Crippen LogP contribution < -0.4 is 5.32 Å². The number of nitrogens with zero attached hydrogens (tertiary/aromatic N) is 1. The molecule has 1 amide bonds. The second-order valence-corrected chi connectivity index (χ2v) is 7.76. The largest absolute Gasteiger partial charge is 0.390 e. The summed E-state index contributed by atoms with van der Waals surface area (Å²) in [6, 6.07) is 11.9. The lowest BCUT2D eigenvalue weighted by atomic mass is 10.0. The number of aryl methyl sites for hydroxylation is 2. The molecule has 5 nitrogen and oxygen atoms in total. The summed E-state index contributed by atoms with van der Waals surface area (Å²) in [6.07, 6.45) is 0.916. The van der Waals surface area contributed by atoms with Gasteiger partial charge in [0, 0.05) is 24.1 Å². The Bertz CT molecular complexity index is 824. The smallest absolute Gasteiger partial charge is 0.220 e. The molecule has 1 aliphatic rings. The standard InChI is InChI=1S/C20H22N2O3S/c1-13-3-6-15(7-4-13)17-11-16(25-22-17)12-21-20(24)10-8-18(23)19-9-5-14(2)26-19/h3-7,9,16H,8,10-12H2,1-2H3,(H,21,24). The van der Waals surface area contributed by atoms with E-state index in [4.69, 9.17) is 4.84 Å². The van der Waals surface area contributed by atoms with E-state index in [9.17, 15) is 9.59 Å². The lowest BCUT2D eigenvalue weighted by Crippen LogP contribution is -2.32. The highest BCUT2D eigenvalue weighted by atomic mass is 32.1. The van der Waals surface area contributed by atoms with Gasteiger partial charge in [-0.1, -0.05) is 35.0 Å². The van der Waals surface area contributed by atoms with Gasteiger partial charge in [0.15, 0.2) is 5.78 Å². The van der Waals surface area contributed by atoms with Gasteiger partial charge in [-0.3, -0.25) is 9.59 Å². The van der Waals surface area contributed by atoms with E-state index in [1.54, 1.807) is 0 Å². The van der Waals surface area contributed by atoms with Crippen molar-refractivity contribution >= 4 is 28.7 Å². The summed E-state index contributed by atoms with van der Waals surface area (Å²) in [4.78, 5) is 31.2.